The van der Waals surface area contributed by atoms with Crippen LogP contribution in [0.15, 0.2) is 65.4 Å². The van der Waals surface area contributed by atoms with Crippen molar-refractivity contribution < 1.29 is 9.28 Å². The molecular weight excluding hydrogens is 288 g/mol. The molecule has 118 valence electrons. The average molecular weight is 309 g/mol. The van der Waals surface area contributed by atoms with Crippen LogP contribution in [0.4, 0.5) is 4.79 Å². The smallest absolute Gasteiger partial charge is 0.245 e. The Morgan fingerprint density at radius 1 is 1.26 bits per heavy atom. The number of amides is 1. The largest absolute Gasteiger partial charge is 0.439 e. The van der Waals surface area contributed by atoms with E-state index in [1.807, 2.05) is 25.1 Å². The van der Waals surface area contributed by atoms with Crippen molar-refractivity contribution >= 4 is 12.4 Å². The molecule has 1 aromatic heterocycles. The summed E-state index contributed by atoms with van der Waals surface area (Å²) in [5.41, 5.74) is 3.15. The fraction of sp³-hybridized carbons (Fsp3) is 0.278. The van der Waals surface area contributed by atoms with Crippen molar-refractivity contribution in [1.29, 1.82) is 0 Å². The van der Waals surface area contributed by atoms with E-state index in [4.69, 9.17) is 0 Å². The van der Waals surface area contributed by atoms with Crippen molar-refractivity contribution in [2.45, 2.75) is 26.7 Å². The van der Waals surface area contributed by atoms with Crippen LogP contribution in [-0.4, -0.2) is 32.9 Å². The van der Waals surface area contributed by atoms with E-state index in [2.05, 4.69) is 29.0 Å². The van der Waals surface area contributed by atoms with Gasteiger partial charge in [0.2, 0.25) is 6.34 Å². The van der Waals surface area contributed by atoms with Crippen LogP contribution in [0, 0.1) is 0 Å². The van der Waals surface area contributed by atoms with E-state index in [0.29, 0.717) is 13.0 Å². The third kappa shape index (κ3) is 2.75. The maximum Gasteiger partial charge on any atom is 0.439 e. The van der Waals surface area contributed by atoms with Crippen LogP contribution in [-0.2, 0) is 6.42 Å². The van der Waals surface area contributed by atoms with E-state index in [1.54, 1.807) is 29.6 Å². The number of imidazole rings is 1. The number of aliphatic imine (C=N–C) groups is 1. The first-order valence-electron chi connectivity index (χ1n) is 7.87. The van der Waals surface area contributed by atoms with Gasteiger partial charge in [-0.3, -0.25) is 0 Å². The molecule has 3 rings (SSSR count). The van der Waals surface area contributed by atoms with E-state index in [-0.39, 0.29) is 10.5 Å². The highest BCUT2D eigenvalue weighted by molar-refractivity contribution is 5.81. The number of aromatic nitrogens is 2. The highest BCUT2D eigenvalue weighted by Crippen LogP contribution is 2.31. The van der Waals surface area contributed by atoms with Crippen LogP contribution in [0.2, 0.25) is 0 Å². The molecule has 0 N–H and O–H groups in total. The maximum atomic E-state index is 13.1. The standard InChI is InChI=1S/C18H21N4O/c1-3-11-22(18(23)21-10-9-19-13-21)14-20-15(2)17(22)12-16-7-5-4-6-8-16/h4-10,13-14H,3,11-12H2,1-2H3/q+1. The molecule has 1 aliphatic heterocycles. The molecule has 23 heavy (non-hydrogen) atoms. The second-order valence-corrected chi connectivity index (χ2v) is 5.78. The van der Waals surface area contributed by atoms with Gasteiger partial charge in [0.15, 0.2) is 0 Å². The first-order valence-corrected chi connectivity index (χ1v) is 7.87. The lowest BCUT2D eigenvalue weighted by Gasteiger charge is -2.29. The molecule has 1 aliphatic rings. The van der Waals surface area contributed by atoms with Crippen molar-refractivity contribution in [2.75, 3.05) is 6.54 Å². The summed E-state index contributed by atoms with van der Waals surface area (Å²) < 4.78 is 1.69. The fourth-order valence-corrected chi connectivity index (χ4v) is 3.06. The second-order valence-electron chi connectivity index (χ2n) is 5.78. The minimum Gasteiger partial charge on any atom is -0.245 e. The zero-order valence-electron chi connectivity index (χ0n) is 13.5. The first-order chi connectivity index (χ1) is 11.2. The van der Waals surface area contributed by atoms with Gasteiger partial charge in [-0.2, -0.15) is 4.48 Å². The zero-order valence-corrected chi connectivity index (χ0v) is 13.5. The Hall–Kier alpha value is -2.53. The Morgan fingerprint density at radius 3 is 2.70 bits per heavy atom. The van der Waals surface area contributed by atoms with Crippen molar-refractivity contribution in [3.8, 4) is 0 Å². The Bertz CT molecular complexity index is 747. The molecule has 0 aliphatic carbocycles. The fourth-order valence-electron chi connectivity index (χ4n) is 3.06. The predicted octanol–water partition coefficient (Wildman–Crippen LogP) is 3.59. The number of hydrogen-bond acceptors (Lipinski definition) is 3. The molecule has 0 saturated carbocycles. The third-order valence-corrected chi connectivity index (χ3v) is 4.21. The quantitative estimate of drug-likeness (QED) is 0.810. The third-order valence-electron chi connectivity index (χ3n) is 4.21. The number of hydrogen-bond donors (Lipinski definition) is 0. The first kappa shape index (κ1) is 15.4. The molecular formula is C18H21N4O+. The van der Waals surface area contributed by atoms with Crippen molar-refractivity contribution in [3.05, 3.63) is 66.0 Å². The van der Waals surface area contributed by atoms with Crippen molar-refractivity contribution in [1.82, 2.24) is 9.55 Å². The Balaban J connectivity index is 2.01. The summed E-state index contributed by atoms with van der Waals surface area (Å²) >= 11 is 0. The summed E-state index contributed by atoms with van der Waals surface area (Å²) in [5.74, 6) is 0. The molecule has 5 heteroatoms. The minimum atomic E-state index is -0.0316. The number of carbonyl (C=O) groups excluding carboxylic acids is 1. The van der Waals surface area contributed by atoms with Crippen molar-refractivity contribution in [2.24, 2.45) is 4.99 Å². The Labute approximate surface area is 136 Å². The van der Waals surface area contributed by atoms with Crippen LogP contribution in [0.5, 0.6) is 0 Å². The topological polar surface area (TPSA) is 47.2 Å². The molecule has 1 atom stereocenters. The van der Waals surface area contributed by atoms with E-state index in [9.17, 15) is 4.79 Å². The molecule has 0 fully saturated rings. The molecule has 5 nitrogen and oxygen atoms in total. The summed E-state index contributed by atoms with van der Waals surface area (Å²) in [6.45, 7) is 4.76. The lowest BCUT2D eigenvalue weighted by molar-refractivity contribution is -0.708. The van der Waals surface area contributed by atoms with Crippen molar-refractivity contribution in [3.63, 3.8) is 0 Å². The number of benzene rings is 1. The van der Waals surface area contributed by atoms with Gasteiger partial charge in [-0.25, -0.2) is 19.3 Å². The van der Waals surface area contributed by atoms with Gasteiger partial charge in [0.05, 0.1) is 13.0 Å². The Morgan fingerprint density at radius 2 is 2.04 bits per heavy atom. The van der Waals surface area contributed by atoms with Gasteiger partial charge in [-0.05, 0) is 18.9 Å². The van der Waals surface area contributed by atoms with Gasteiger partial charge in [-0.1, -0.05) is 37.3 Å². The summed E-state index contributed by atoms with van der Waals surface area (Å²) in [7, 11) is 0. The number of allylic oxidation sites excluding steroid dienone is 2. The monoisotopic (exact) mass is 309 g/mol. The number of quaternary nitrogens is 1. The number of rotatable bonds is 4. The highest BCUT2D eigenvalue weighted by atomic mass is 16.2. The predicted molar refractivity (Wildman–Crippen MR) is 89.8 cm³/mol. The molecule has 0 bridgehead atoms. The minimum absolute atomic E-state index is 0.0316. The molecule has 1 aromatic carbocycles. The zero-order chi connectivity index (χ0) is 16.3. The van der Waals surface area contributed by atoms with Crippen LogP contribution in [0.25, 0.3) is 0 Å². The lowest BCUT2D eigenvalue weighted by atomic mass is 10.1. The van der Waals surface area contributed by atoms with Crippen LogP contribution < -0.4 is 0 Å². The summed E-state index contributed by atoms with van der Waals surface area (Å²) in [4.78, 5) is 21.6. The van der Waals surface area contributed by atoms with Gasteiger partial charge in [0, 0.05) is 12.4 Å². The van der Waals surface area contributed by atoms with Crippen LogP contribution in [0.3, 0.4) is 0 Å². The van der Waals surface area contributed by atoms with Gasteiger partial charge in [0.1, 0.15) is 17.7 Å². The summed E-state index contributed by atoms with van der Waals surface area (Å²) in [6, 6.07) is 10.2. The lowest BCUT2D eigenvalue weighted by Crippen LogP contribution is -2.52. The summed E-state index contributed by atoms with van der Waals surface area (Å²) in [5, 5.41) is 0. The highest BCUT2D eigenvalue weighted by Gasteiger charge is 2.45. The van der Waals surface area contributed by atoms with E-state index < -0.39 is 0 Å². The van der Waals surface area contributed by atoms with Gasteiger partial charge >= 0.3 is 6.03 Å². The average Bonchev–Trinajstić information content (AvgIpc) is 3.20. The van der Waals surface area contributed by atoms with Gasteiger partial charge in [-0.15, -0.1) is 0 Å². The molecule has 1 unspecified atom stereocenters. The van der Waals surface area contributed by atoms with Gasteiger partial charge in [0.25, 0.3) is 0 Å². The normalized spacial score (nSPS) is 20.3. The number of nitrogens with zero attached hydrogens (tertiary/aromatic N) is 4. The molecule has 1 amide bonds. The van der Waals surface area contributed by atoms with E-state index in [0.717, 1.165) is 17.8 Å². The second kappa shape index (κ2) is 6.30. The maximum absolute atomic E-state index is 13.1. The SMILES string of the molecule is CCC[N+]1(C(=O)n2ccnc2)C=NC(C)=C1Cc1ccccc1. The molecule has 0 spiro atoms. The van der Waals surface area contributed by atoms with Gasteiger partial charge < -0.3 is 0 Å². The summed E-state index contributed by atoms with van der Waals surface area (Å²) in [6.07, 6.45) is 8.25. The number of carbonyl (C=O) groups is 1. The molecule has 2 aromatic rings. The molecule has 2 heterocycles. The Kier molecular flexibility index (Phi) is 4.21. The van der Waals surface area contributed by atoms with E-state index in [1.165, 1.54) is 5.56 Å². The van der Waals surface area contributed by atoms with E-state index >= 15 is 0 Å². The molecule has 0 radical (unpaired) electrons. The molecule has 0 saturated heterocycles. The van der Waals surface area contributed by atoms with Crippen LogP contribution >= 0.6 is 0 Å². The van der Waals surface area contributed by atoms with Crippen LogP contribution in [0.1, 0.15) is 25.8 Å².